The molecule has 0 heterocycles. The van der Waals surface area contributed by atoms with Crippen LogP contribution in [0.15, 0.2) is 0 Å². The van der Waals surface area contributed by atoms with E-state index in [1.807, 2.05) is 0 Å². The number of carbonyl (C=O) groups is 1. The summed E-state index contributed by atoms with van der Waals surface area (Å²) in [6, 6.07) is 0.390. The van der Waals surface area contributed by atoms with E-state index in [4.69, 9.17) is 0 Å². The van der Waals surface area contributed by atoms with Crippen LogP contribution in [0.2, 0.25) is 0 Å². The van der Waals surface area contributed by atoms with E-state index in [0.29, 0.717) is 24.3 Å². The Kier molecular flexibility index (Phi) is 4.88. The van der Waals surface area contributed by atoms with E-state index in [0.717, 1.165) is 25.7 Å². The van der Waals surface area contributed by atoms with Crippen molar-refractivity contribution in [3.05, 3.63) is 0 Å². The van der Waals surface area contributed by atoms with Crippen molar-refractivity contribution in [1.82, 2.24) is 5.32 Å². The second-order valence-corrected chi connectivity index (χ2v) is 7.79. The topological polar surface area (TPSA) is 49.3 Å². The first-order valence-corrected chi connectivity index (χ1v) is 9.18. The van der Waals surface area contributed by atoms with Crippen molar-refractivity contribution in [3.8, 4) is 0 Å². The molecule has 120 valence electrons. The van der Waals surface area contributed by atoms with Crippen molar-refractivity contribution in [2.75, 3.05) is 0 Å². The lowest BCUT2D eigenvalue weighted by atomic mass is 9.74. The zero-order chi connectivity index (χ0) is 14.7. The van der Waals surface area contributed by atoms with Crippen LogP contribution in [-0.2, 0) is 4.79 Å². The van der Waals surface area contributed by atoms with Gasteiger partial charge in [-0.25, -0.2) is 0 Å². The Hall–Kier alpha value is -0.570. The van der Waals surface area contributed by atoms with Gasteiger partial charge in [-0.15, -0.1) is 0 Å². The molecule has 1 unspecified atom stereocenters. The summed E-state index contributed by atoms with van der Waals surface area (Å²) in [5.74, 6) is 1.50. The van der Waals surface area contributed by atoms with Crippen LogP contribution in [0.1, 0.15) is 83.5 Å². The number of nitrogens with one attached hydrogen (secondary N) is 1. The molecule has 1 amide bonds. The summed E-state index contributed by atoms with van der Waals surface area (Å²) in [5.41, 5.74) is -0.720. The lowest BCUT2D eigenvalue weighted by Gasteiger charge is -2.39. The third-order valence-electron chi connectivity index (χ3n) is 6.17. The van der Waals surface area contributed by atoms with Gasteiger partial charge in [-0.05, 0) is 50.4 Å². The molecule has 0 aromatic carbocycles. The van der Waals surface area contributed by atoms with E-state index >= 15 is 0 Å². The molecule has 0 aromatic rings. The molecule has 3 aliphatic rings. The average Bonchev–Trinajstić information content (AvgIpc) is 2.89. The molecule has 3 aliphatic carbocycles. The van der Waals surface area contributed by atoms with Crippen molar-refractivity contribution in [1.29, 1.82) is 0 Å². The van der Waals surface area contributed by atoms with Crippen molar-refractivity contribution >= 4 is 5.91 Å². The molecule has 0 saturated heterocycles. The summed E-state index contributed by atoms with van der Waals surface area (Å²) < 4.78 is 0. The van der Waals surface area contributed by atoms with Crippen LogP contribution in [0, 0.1) is 11.8 Å². The van der Waals surface area contributed by atoms with Gasteiger partial charge in [0.05, 0.1) is 12.0 Å². The standard InChI is InChI=1S/C18H31NO2/c20-16(13-18(21)11-4-1-5-12-18)19-17(15-9-6-10-15)14-7-2-3-8-14/h14-15,17,21H,1-13H2,(H,19,20). The van der Waals surface area contributed by atoms with Crippen LogP contribution >= 0.6 is 0 Å². The van der Waals surface area contributed by atoms with Gasteiger partial charge in [0.25, 0.3) is 0 Å². The first kappa shape index (κ1) is 15.3. The highest BCUT2D eigenvalue weighted by Gasteiger charge is 2.37. The summed E-state index contributed by atoms with van der Waals surface area (Å²) in [7, 11) is 0. The number of carbonyl (C=O) groups excluding carboxylic acids is 1. The molecule has 2 N–H and O–H groups in total. The maximum Gasteiger partial charge on any atom is 0.223 e. The van der Waals surface area contributed by atoms with Crippen molar-refractivity contribution in [2.24, 2.45) is 11.8 Å². The van der Waals surface area contributed by atoms with Gasteiger partial charge in [0.1, 0.15) is 0 Å². The van der Waals surface area contributed by atoms with Crippen LogP contribution < -0.4 is 5.32 Å². The average molecular weight is 293 g/mol. The Labute approximate surface area is 128 Å². The third kappa shape index (κ3) is 3.80. The summed E-state index contributed by atoms with van der Waals surface area (Å²) in [4.78, 5) is 12.5. The number of hydrogen-bond donors (Lipinski definition) is 2. The van der Waals surface area contributed by atoms with Crippen LogP contribution in [0.4, 0.5) is 0 Å². The fraction of sp³-hybridized carbons (Fsp3) is 0.944. The van der Waals surface area contributed by atoms with Gasteiger partial charge >= 0.3 is 0 Å². The van der Waals surface area contributed by atoms with E-state index < -0.39 is 5.60 Å². The Bertz CT molecular complexity index is 352. The van der Waals surface area contributed by atoms with Gasteiger partial charge in [0, 0.05) is 6.04 Å². The molecular formula is C18H31NO2. The summed E-state index contributed by atoms with van der Waals surface area (Å²) in [6.07, 6.45) is 14.4. The second kappa shape index (κ2) is 6.68. The molecule has 3 fully saturated rings. The summed E-state index contributed by atoms with van der Waals surface area (Å²) >= 11 is 0. The molecule has 21 heavy (non-hydrogen) atoms. The van der Waals surface area contributed by atoms with Gasteiger partial charge in [0.2, 0.25) is 5.91 Å². The normalized spacial score (nSPS) is 28.0. The third-order valence-corrected chi connectivity index (χ3v) is 6.17. The minimum Gasteiger partial charge on any atom is -0.389 e. The lowest BCUT2D eigenvalue weighted by molar-refractivity contribution is -0.129. The fourth-order valence-electron chi connectivity index (χ4n) is 4.66. The SMILES string of the molecule is O=C(CC1(O)CCCCC1)NC(C1CCCC1)C1CCC1. The minimum atomic E-state index is -0.720. The molecule has 0 spiro atoms. The number of amides is 1. The van der Waals surface area contributed by atoms with E-state index in [-0.39, 0.29) is 5.91 Å². The number of aliphatic hydroxyl groups is 1. The summed E-state index contributed by atoms with van der Waals surface area (Å²) in [5, 5.41) is 13.9. The Morgan fingerprint density at radius 3 is 2.05 bits per heavy atom. The van der Waals surface area contributed by atoms with Gasteiger partial charge in [-0.1, -0.05) is 38.5 Å². The maximum absolute atomic E-state index is 12.5. The van der Waals surface area contributed by atoms with Crippen molar-refractivity contribution < 1.29 is 9.90 Å². The lowest BCUT2D eigenvalue weighted by Crippen LogP contribution is -2.49. The van der Waals surface area contributed by atoms with E-state index in [1.54, 1.807) is 0 Å². The van der Waals surface area contributed by atoms with E-state index in [2.05, 4.69) is 5.32 Å². The van der Waals surface area contributed by atoms with Gasteiger partial charge in [-0.2, -0.15) is 0 Å². The van der Waals surface area contributed by atoms with Crippen LogP contribution in [0.3, 0.4) is 0 Å². The highest BCUT2D eigenvalue weighted by atomic mass is 16.3. The summed E-state index contributed by atoms with van der Waals surface area (Å²) in [6.45, 7) is 0. The van der Waals surface area contributed by atoms with E-state index in [1.165, 1.54) is 51.4 Å². The first-order chi connectivity index (χ1) is 10.2. The van der Waals surface area contributed by atoms with Crippen LogP contribution in [0.5, 0.6) is 0 Å². The predicted octanol–water partition coefficient (Wildman–Crippen LogP) is 3.55. The van der Waals surface area contributed by atoms with Crippen LogP contribution in [-0.4, -0.2) is 22.7 Å². The smallest absolute Gasteiger partial charge is 0.223 e. The maximum atomic E-state index is 12.5. The Balaban J connectivity index is 1.55. The first-order valence-electron chi connectivity index (χ1n) is 9.18. The fourth-order valence-corrected chi connectivity index (χ4v) is 4.66. The molecule has 3 heteroatoms. The largest absolute Gasteiger partial charge is 0.389 e. The van der Waals surface area contributed by atoms with Crippen molar-refractivity contribution in [2.45, 2.75) is 95.1 Å². The molecule has 3 rings (SSSR count). The second-order valence-electron chi connectivity index (χ2n) is 7.79. The molecular weight excluding hydrogens is 262 g/mol. The highest BCUT2D eigenvalue weighted by Crippen LogP contribution is 2.39. The number of hydrogen-bond acceptors (Lipinski definition) is 2. The molecule has 3 nitrogen and oxygen atoms in total. The molecule has 0 aliphatic heterocycles. The molecule has 3 saturated carbocycles. The minimum absolute atomic E-state index is 0.100. The predicted molar refractivity (Wildman–Crippen MR) is 83.9 cm³/mol. The molecule has 1 atom stereocenters. The van der Waals surface area contributed by atoms with Gasteiger partial charge in [0.15, 0.2) is 0 Å². The Morgan fingerprint density at radius 2 is 1.52 bits per heavy atom. The highest BCUT2D eigenvalue weighted by molar-refractivity contribution is 5.77. The van der Waals surface area contributed by atoms with Gasteiger partial charge in [-0.3, -0.25) is 4.79 Å². The molecule has 0 bridgehead atoms. The van der Waals surface area contributed by atoms with Crippen LogP contribution in [0.25, 0.3) is 0 Å². The molecule has 0 aromatic heterocycles. The van der Waals surface area contributed by atoms with E-state index in [9.17, 15) is 9.90 Å². The molecule has 0 radical (unpaired) electrons. The number of rotatable bonds is 5. The van der Waals surface area contributed by atoms with Crippen molar-refractivity contribution in [3.63, 3.8) is 0 Å². The monoisotopic (exact) mass is 293 g/mol. The van der Waals surface area contributed by atoms with Gasteiger partial charge < -0.3 is 10.4 Å². The zero-order valence-corrected chi connectivity index (χ0v) is 13.3. The zero-order valence-electron chi connectivity index (χ0n) is 13.3. The Morgan fingerprint density at radius 1 is 0.952 bits per heavy atom. The quantitative estimate of drug-likeness (QED) is 0.814.